The van der Waals surface area contributed by atoms with Crippen LogP contribution >= 0.6 is 11.6 Å². The highest BCUT2D eigenvalue weighted by molar-refractivity contribution is 6.33. The van der Waals surface area contributed by atoms with E-state index < -0.39 is 0 Å². The van der Waals surface area contributed by atoms with E-state index in [9.17, 15) is 0 Å². The Morgan fingerprint density at radius 1 is 1.23 bits per heavy atom. The lowest BCUT2D eigenvalue weighted by Crippen LogP contribution is -2.35. The summed E-state index contributed by atoms with van der Waals surface area (Å²) in [5, 5.41) is 5.12. The third-order valence-corrected chi connectivity index (χ3v) is 4.74. The van der Waals surface area contributed by atoms with Gasteiger partial charge >= 0.3 is 0 Å². The van der Waals surface area contributed by atoms with Crippen molar-refractivity contribution in [1.82, 2.24) is 4.90 Å². The summed E-state index contributed by atoms with van der Waals surface area (Å²) in [6, 6.07) is 13.7. The lowest BCUT2D eigenvalue weighted by Gasteiger charge is -2.27. The molecule has 0 radical (unpaired) electrons. The normalized spacial score (nSPS) is 15.7. The van der Waals surface area contributed by atoms with Crippen LogP contribution < -0.4 is 10.2 Å². The van der Waals surface area contributed by atoms with Crippen molar-refractivity contribution in [3.05, 3.63) is 58.6 Å². The SMILES string of the molecule is COc1ccc(/C(C)=N\Nc2ccccc2Cl)cc1CN1CCOCC1. The van der Waals surface area contributed by atoms with E-state index in [-0.39, 0.29) is 0 Å². The highest BCUT2D eigenvalue weighted by Gasteiger charge is 2.14. The summed E-state index contributed by atoms with van der Waals surface area (Å²) in [5.74, 6) is 0.895. The van der Waals surface area contributed by atoms with Crippen LogP contribution in [0.5, 0.6) is 5.75 Å². The second kappa shape index (κ2) is 9.03. The maximum absolute atomic E-state index is 6.16. The molecule has 1 saturated heterocycles. The Labute approximate surface area is 159 Å². The van der Waals surface area contributed by atoms with Gasteiger partial charge in [0.05, 0.1) is 36.7 Å². The highest BCUT2D eigenvalue weighted by Crippen LogP contribution is 2.23. The molecule has 0 aliphatic carbocycles. The molecule has 0 bridgehead atoms. The summed E-state index contributed by atoms with van der Waals surface area (Å²) in [6.07, 6.45) is 0. The molecule has 6 heteroatoms. The van der Waals surface area contributed by atoms with Crippen LogP contribution in [0.1, 0.15) is 18.1 Å². The van der Waals surface area contributed by atoms with Gasteiger partial charge < -0.3 is 9.47 Å². The molecule has 2 aromatic rings. The summed E-state index contributed by atoms with van der Waals surface area (Å²) in [4.78, 5) is 2.37. The number of hydrogen-bond donors (Lipinski definition) is 1. The van der Waals surface area contributed by atoms with Gasteiger partial charge in [-0.3, -0.25) is 10.3 Å². The van der Waals surface area contributed by atoms with Crippen molar-refractivity contribution in [2.24, 2.45) is 5.10 Å². The Morgan fingerprint density at radius 2 is 2.00 bits per heavy atom. The van der Waals surface area contributed by atoms with Crippen LogP contribution in [0, 0.1) is 0 Å². The van der Waals surface area contributed by atoms with Crippen molar-refractivity contribution >= 4 is 23.0 Å². The number of halogens is 1. The van der Waals surface area contributed by atoms with Crippen molar-refractivity contribution < 1.29 is 9.47 Å². The van der Waals surface area contributed by atoms with Crippen LogP contribution in [-0.2, 0) is 11.3 Å². The molecular formula is C20H24ClN3O2. The number of nitrogens with zero attached hydrogens (tertiary/aromatic N) is 2. The van der Waals surface area contributed by atoms with Gasteiger partial charge in [-0.15, -0.1) is 0 Å². The molecule has 1 aliphatic heterocycles. The van der Waals surface area contributed by atoms with E-state index >= 15 is 0 Å². The molecule has 2 aromatic carbocycles. The van der Waals surface area contributed by atoms with Gasteiger partial charge in [0, 0.05) is 25.2 Å². The van der Waals surface area contributed by atoms with E-state index in [2.05, 4.69) is 21.5 Å². The fourth-order valence-corrected chi connectivity index (χ4v) is 3.07. The number of hydrazone groups is 1. The second-order valence-electron chi connectivity index (χ2n) is 6.20. The molecule has 1 N–H and O–H groups in total. The zero-order chi connectivity index (χ0) is 18.4. The van der Waals surface area contributed by atoms with E-state index in [4.69, 9.17) is 21.1 Å². The van der Waals surface area contributed by atoms with Gasteiger partial charge in [0.25, 0.3) is 0 Å². The minimum absolute atomic E-state index is 0.645. The molecule has 0 aromatic heterocycles. The summed E-state index contributed by atoms with van der Waals surface area (Å²) < 4.78 is 11.0. The Bertz CT molecular complexity index is 773. The predicted molar refractivity (Wildman–Crippen MR) is 106 cm³/mol. The monoisotopic (exact) mass is 373 g/mol. The van der Waals surface area contributed by atoms with Gasteiger partial charge in [0.1, 0.15) is 5.75 Å². The lowest BCUT2D eigenvalue weighted by molar-refractivity contribution is 0.0339. The van der Waals surface area contributed by atoms with E-state index in [1.165, 1.54) is 0 Å². The summed E-state index contributed by atoms with van der Waals surface area (Å²) >= 11 is 6.16. The van der Waals surface area contributed by atoms with Gasteiger partial charge in [-0.1, -0.05) is 23.7 Å². The average molecular weight is 374 g/mol. The molecule has 3 rings (SSSR count). The number of hydrogen-bond acceptors (Lipinski definition) is 5. The van der Waals surface area contributed by atoms with Crippen molar-refractivity contribution in [2.45, 2.75) is 13.5 Å². The highest BCUT2D eigenvalue weighted by atomic mass is 35.5. The van der Waals surface area contributed by atoms with Crippen molar-refractivity contribution in [3.8, 4) is 5.75 Å². The van der Waals surface area contributed by atoms with E-state index in [1.807, 2.05) is 43.3 Å². The minimum Gasteiger partial charge on any atom is -0.496 e. The largest absolute Gasteiger partial charge is 0.496 e. The maximum Gasteiger partial charge on any atom is 0.123 e. The Balaban J connectivity index is 1.77. The number of anilines is 1. The summed E-state index contributed by atoms with van der Waals surface area (Å²) in [7, 11) is 1.71. The third-order valence-electron chi connectivity index (χ3n) is 4.41. The molecule has 0 saturated carbocycles. The number of para-hydroxylation sites is 1. The van der Waals surface area contributed by atoms with Crippen LogP contribution in [0.15, 0.2) is 47.6 Å². The molecule has 5 nitrogen and oxygen atoms in total. The number of rotatable bonds is 6. The Morgan fingerprint density at radius 3 is 2.73 bits per heavy atom. The molecule has 0 amide bonds. The number of morpholine rings is 1. The zero-order valence-corrected chi connectivity index (χ0v) is 15.9. The van der Waals surface area contributed by atoms with Crippen LogP contribution in [0.4, 0.5) is 5.69 Å². The van der Waals surface area contributed by atoms with Gasteiger partial charge in [-0.25, -0.2) is 0 Å². The van der Waals surface area contributed by atoms with Crippen molar-refractivity contribution in [1.29, 1.82) is 0 Å². The van der Waals surface area contributed by atoms with Gasteiger partial charge in [-0.2, -0.15) is 5.10 Å². The standard InChI is InChI=1S/C20H24ClN3O2/c1-15(22-23-19-6-4-3-5-18(19)21)16-7-8-20(25-2)17(13-16)14-24-9-11-26-12-10-24/h3-8,13,23H,9-12,14H2,1-2H3/b22-15-. The van der Waals surface area contributed by atoms with Gasteiger partial charge in [0.2, 0.25) is 0 Å². The van der Waals surface area contributed by atoms with Crippen molar-refractivity contribution in [3.63, 3.8) is 0 Å². The Hall–Kier alpha value is -2.08. The Kier molecular flexibility index (Phi) is 6.50. The van der Waals surface area contributed by atoms with Crippen LogP contribution in [0.3, 0.4) is 0 Å². The zero-order valence-electron chi connectivity index (χ0n) is 15.2. The molecule has 1 fully saturated rings. The number of benzene rings is 2. The van der Waals surface area contributed by atoms with Gasteiger partial charge in [0.15, 0.2) is 0 Å². The number of methoxy groups -OCH3 is 1. The first-order valence-corrected chi connectivity index (χ1v) is 9.07. The molecule has 26 heavy (non-hydrogen) atoms. The topological polar surface area (TPSA) is 46.1 Å². The van der Waals surface area contributed by atoms with E-state index in [0.29, 0.717) is 5.02 Å². The van der Waals surface area contributed by atoms with E-state index in [0.717, 1.165) is 61.1 Å². The first kappa shape index (κ1) is 18.7. The number of ether oxygens (including phenoxy) is 2. The molecular weight excluding hydrogens is 350 g/mol. The molecule has 1 aliphatic rings. The second-order valence-corrected chi connectivity index (χ2v) is 6.61. The fraction of sp³-hybridized carbons (Fsp3) is 0.350. The summed E-state index contributed by atoms with van der Waals surface area (Å²) in [6.45, 7) is 6.26. The quantitative estimate of drug-likeness (QED) is 0.613. The van der Waals surface area contributed by atoms with Crippen molar-refractivity contribution in [2.75, 3.05) is 38.8 Å². The molecule has 138 valence electrons. The minimum atomic E-state index is 0.645. The third kappa shape index (κ3) is 4.75. The summed E-state index contributed by atoms with van der Waals surface area (Å²) in [5.41, 5.74) is 6.91. The predicted octanol–water partition coefficient (Wildman–Crippen LogP) is 4.02. The van der Waals surface area contributed by atoms with E-state index in [1.54, 1.807) is 7.11 Å². The van der Waals surface area contributed by atoms with Crippen LogP contribution in [0.25, 0.3) is 0 Å². The van der Waals surface area contributed by atoms with Crippen LogP contribution in [0.2, 0.25) is 5.02 Å². The molecule has 0 unspecified atom stereocenters. The van der Waals surface area contributed by atoms with Gasteiger partial charge in [-0.05, 0) is 42.8 Å². The lowest BCUT2D eigenvalue weighted by atomic mass is 10.1. The maximum atomic E-state index is 6.16. The molecule has 0 atom stereocenters. The number of nitrogens with one attached hydrogen (secondary N) is 1. The molecule has 1 heterocycles. The first-order valence-electron chi connectivity index (χ1n) is 8.69. The first-order chi connectivity index (χ1) is 12.7. The average Bonchev–Trinajstić information content (AvgIpc) is 2.68. The molecule has 0 spiro atoms. The smallest absolute Gasteiger partial charge is 0.123 e. The fourth-order valence-electron chi connectivity index (χ4n) is 2.89. The van der Waals surface area contributed by atoms with Crippen LogP contribution in [-0.4, -0.2) is 44.0 Å².